The van der Waals surface area contributed by atoms with Gasteiger partial charge in [-0.3, -0.25) is 19.8 Å². The van der Waals surface area contributed by atoms with E-state index >= 15 is 0 Å². The molecule has 4 heteroatoms. The largest absolute Gasteiger partial charge is 0.295 e. The third kappa shape index (κ3) is 4.19. The maximum atomic E-state index is 4.38. The molecule has 0 spiro atoms. The van der Waals surface area contributed by atoms with E-state index in [4.69, 9.17) is 0 Å². The molecule has 0 N–H and O–H groups in total. The summed E-state index contributed by atoms with van der Waals surface area (Å²) in [4.78, 5) is 13.8. The molecule has 0 aliphatic heterocycles. The Balaban J connectivity index is 2.55. The van der Waals surface area contributed by atoms with Crippen molar-refractivity contribution in [2.24, 2.45) is 0 Å². The van der Waals surface area contributed by atoms with E-state index < -0.39 is 0 Å². The van der Waals surface area contributed by atoms with Crippen molar-refractivity contribution in [1.29, 1.82) is 0 Å². The van der Waals surface area contributed by atoms with E-state index in [1.807, 2.05) is 36.9 Å². The van der Waals surface area contributed by atoms with Crippen molar-refractivity contribution in [1.82, 2.24) is 19.8 Å². The van der Waals surface area contributed by atoms with Gasteiger partial charge >= 0.3 is 0 Å². The Morgan fingerprint density at radius 1 is 0.708 bits per heavy atom. The van der Waals surface area contributed by atoms with Crippen LogP contribution in [-0.4, -0.2) is 45.9 Å². The fourth-order valence-corrected chi connectivity index (χ4v) is 3.52. The first-order chi connectivity index (χ1) is 11.8. The van der Waals surface area contributed by atoms with Crippen LogP contribution in [-0.2, 0) is 0 Å². The minimum atomic E-state index is 0.262. The van der Waals surface area contributed by atoms with Crippen molar-refractivity contribution < 1.29 is 0 Å². The van der Waals surface area contributed by atoms with Gasteiger partial charge in [-0.25, -0.2) is 0 Å². The van der Waals surface area contributed by atoms with Crippen molar-refractivity contribution in [3.63, 3.8) is 0 Å². The van der Waals surface area contributed by atoms with Gasteiger partial charge in [0.1, 0.15) is 0 Å². The van der Waals surface area contributed by atoms with Gasteiger partial charge in [0, 0.05) is 24.8 Å². The molecular formula is C20H30N4. The van der Waals surface area contributed by atoms with Gasteiger partial charge in [-0.2, -0.15) is 0 Å². The predicted octanol–water partition coefficient (Wildman–Crippen LogP) is 3.94. The molecule has 0 aromatic carbocycles. The molecule has 0 bridgehead atoms. The van der Waals surface area contributed by atoms with Gasteiger partial charge in [-0.05, 0) is 49.4 Å². The molecule has 24 heavy (non-hydrogen) atoms. The highest BCUT2D eigenvalue weighted by molar-refractivity contribution is 5.24. The third-order valence-corrected chi connectivity index (χ3v) is 4.76. The van der Waals surface area contributed by atoms with Gasteiger partial charge in [0.2, 0.25) is 0 Å². The number of hydrogen-bond donors (Lipinski definition) is 0. The lowest BCUT2D eigenvalue weighted by atomic mass is 9.92. The number of hydrogen-bond acceptors (Lipinski definition) is 4. The molecule has 2 aromatic rings. The number of pyridine rings is 2. The lowest BCUT2D eigenvalue weighted by Gasteiger charge is -2.41. The summed E-state index contributed by atoms with van der Waals surface area (Å²) in [5.74, 6) is 0. The Labute approximate surface area is 146 Å². The van der Waals surface area contributed by atoms with Crippen LogP contribution in [0.5, 0.6) is 0 Å². The topological polar surface area (TPSA) is 32.3 Å². The summed E-state index contributed by atoms with van der Waals surface area (Å²) >= 11 is 0. The van der Waals surface area contributed by atoms with Crippen molar-refractivity contribution in [2.75, 3.05) is 26.2 Å². The first-order valence-corrected chi connectivity index (χ1v) is 9.04. The Bertz CT molecular complexity index is 511. The summed E-state index contributed by atoms with van der Waals surface area (Å²) in [6, 6.07) is 8.99. The maximum absolute atomic E-state index is 4.38. The molecule has 4 nitrogen and oxygen atoms in total. The average molecular weight is 326 g/mol. The SMILES string of the molecule is CCN(CC)C(c1cccnc1)C(c1cccnc1)N(CC)CC. The summed E-state index contributed by atoms with van der Waals surface area (Å²) in [5.41, 5.74) is 2.53. The Morgan fingerprint density at radius 3 is 1.33 bits per heavy atom. The number of rotatable bonds is 9. The summed E-state index contributed by atoms with van der Waals surface area (Å²) < 4.78 is 0. The second-order valence-electron chi connectivity index (χ2n) is 5.90. The van der Waals surface area contributed by atoms with Gasteiger partial charge in [0.15, 0.2) is 0 Å². The van der Waals surface area contributed by atoms with Crippen LogP contribution in [0.25, 0.3) is 0 Å². The molecular weight excluding hydrogens is 296 g/mol. The molecule has 2 unspecified atom stereocenters. The van der Waals surface area contributed by atoms with Crippen LogP contribution in [0.2, 0.25) is 0 Å². The van der Waals surface area contributed by atoms with Crippen LogP contribution in [0.3, 0.4) is 0 Å². The molecule has 0 fully saturated rings. The quantitative estimate of drug-likeness (QED) is 0.698. The zero-order chi connectivity index (χ0) is 17.4. The van der Waals surface area contributed by atoms with Gasteiger partial charge in [0.05, 0.1) is 12.1 Å². The van der Waals surface area contributed by atoms with E-state index in [2.05, 4.69) is 59.6 Å². The van der Waals surface area contributed by atoms with E-state index in [-0.39, 0.29) is 12.1 Å². The minimum absolute atomic E-state index is 0.262. The molecule has 130 valence electrons. The van der Waals surface area contributed by atoms with Crippen LogP contribution in [0.1, 0.15) is 50.9 Å². The van der Waals surface area contributed by atoms with Crippen molar-refractivity contribution in [3.05, 3.63) is 60.2 Å². The first-order valence-electron chi connectivity index (χ1n) is 9.04. The first kappa shape index (κ1) is 18.6. The average Bonchev–Trinajstić information content (AvgIpc) is 2.66. The molecule has 0 aliphatic carbocycles. The molecule has 0 aliphatic rings. The van der Waals surface area contributed by atoms with E-state index in [0.29, 0.717) is 0 Å². The van der Waals surface area contributed by atoms with E-state index in [0.717, 1.165) is 26.2 Å². The monoisotopic (exact) mass is 326 g/mol. The Hall–Kier alpha value is -1.78. The third-order valence-electron chi connectivity index (χ3n) is 4.76. The highest BCUT2D eigenvalue weighted by Crippen LogP contribution is 2.37. The van der Waals surface area contributed by atoms with Crippen molar-refractivity contribution >= 4 is 0 Å². The second kappa shape index (κ2) is 9.50. The van der Waals surface area contributed by atoms with Crippen LogP contribution in [0, 0.1) is 0 Å². The molecule has 0 amide bonds. The van der Waals surface area contributed by atoms with Gasteiger partial charge in [-0.15, -0.1) is 0 Å². The highest BCUT2D eigenvalue weighted by atomic mass is 15.2. The van der Waals surface area contributed by atoms with Gasteiger partial charge < -0.3 is 0 Å². The van der Waals surface area contributed by atoms with Crippen molar-refractivity contribution in [2.45, 2.75) is 39.8 Å². The van der Waals surface area contributed by atoms with E-state index in [1.165, 1.54) is 11.1 Å². The summed E-state index contributed by atoms with van der Waals surface area (Å²) in [5, 5.41) is 0. The molecule has 0 saturated carbocycles. The highest BCUT2D eigenvalue weighted by Gasteiger charge is 2.32. The Morgan fingerprint density at radius 2 is 1.08 bits per heavy atom. The van der Waals surface area contributed by atoms with Gasteiger partial charge in [0.25, 0.3) is 0 Å². The molecule has 2 atom stereocenters. The molecule has 2 rings (SSSR count). The minimum Gasteiger partial charge on any atom is -0.295 e. The summed E-state index contributed by atoms with van der Waals surface area (Å²) in [6.45, 7) is 13.0. The fourth-order valence-electron chi connectivity index (χ4n) is 3.52. The Kier molecular flexibility index (Phi) is 7.35. The van der Waals surface area contributed by atoms with Crippen LogP contribution < -0.4 is 0 Å². The molecule has 0 radical (unpaired) electrons. The van der Waals surface area contributed by atoms with Crippen molar-refractivity contribution in [3.8, 4) is 0 Å². The maximum Gasteiger partial charge on any atom is 0.0561 e. The van der Waals surface area contributed by atoms with Crippen LogP contribution in [0.15, 0.2) is 49.1 Å². The number of aromatic nitrogens is 2. The van der Waals surface area contributed by atoms with Crippen LogP contribution in [0.4, 0.5) is 0 Å². The lowest BCUT2D eigenvalue weighted by Crippen LogP contribution is -2.41. The zero-order valence-electron chi connectivity index (χ0n) is 15.4. The zero-order valence-corrected chi connectivity index (χ0v) is 15.4. The predicted molar refractivity (Wildman–Crippen MR) is 99.8 cm³/mol. The summed E-state index contributed by atoms with van der Waals surface area (Å²) in [6.07, 6.45) is 7.71. The fraction of sp³-hybridized carbons (Fsp3) is 0.500. The number of nitrogens with zero attached hydrogens (tertiary/aromatic N) is 4. The molecule has 2 heterocycles. The number of likely N-dealkylation sites (N-methyl/N-ethyl adjacent to an activating group) is 2. The summed E-state index contributed by atoms with van der Waals surface area (Å²) in [7, 11) is 0. The second-order valence-corrected chi connectivity index (χ2v) is 5.90. The molecule has 2 aromatic heterocycles. The van der Waals surface area contributed by atoms with E-state index in [1.54, 1.807) is 0 Å². The van der Waals surface area contributed by atoms with Crippen LogP contribution >= 0.6 is 0 Å². The smallest absolute Gasteiger partial charge is 0.0561 e. The van der Waals surface area contributed by atoms with Gasteiger partial charge in [-0.1, -0.05) is 39.8 Å². The van der Waals surface area contributed by atoms with E-state index in [9.17, 15) is 0 Å². The standard InChI is InChI=1S/C20H30N4/c1-5-23(6-2)19(17-11-9-13-21-15-17)20(24(7-3)8-4)18-12-10-14-22-16-18/h9-16,19-20H,5-8H2,1-4H3. The molecule has 0 saturated heterocycles. The normalized spacial score (nSPS) is 14.1. The lowest BCUT2D eigenvalue weighted by molar-refractivity contribution is 0.0885.